The van der Waals surface area contributed by atoms with Gasteiger partial charge in [0, 0.05) is 13.0 Å². The Kier molecular flexibility index (Phi) is 30.0. The lowest BCUT2D eigenvalue weighted by Gasteiger charge is -2.28. The van der Waals surface area contributed by atoms with Gasteiger partial charge in [-0.15, -0.1) is 0 Å². The summed E-state index contributed by atoms with van der Waals surface area (Å²) in [7, 11) is 1.36. The maximum absolute atomic E-state index is 12.4. The summed E-state index contributed by atoms with van der Waals surface area (Å²) in [6, 6.07) is 0. The van der Waals surface area contributed by atoms with Crippen LogP contribution in [-0.2, 0) is 27.9 Å². The van der Waals surface area contributed by atoms with Crippen molar-refractivity contribution < 1.29 is 37.3 Å². The van der Waals surface area contributed by atoms with Crippen LogP contribution in [0.5, 0.6) is 0 Å². The predicted molar refractivity (Wildman–Crippen MR) is 185 cm³/mol. The maximum Gasteiger partial charge on any atom is 0.306 e. The van der Waals surface area contributed by atoms with Gasteiger partial charge in [0.25, 0.3) is 7.82 Å². The first-order valence-corrected chi connectivity index (χ1v) is 19.9. The van der Waals surface area contributed by atoms with Crippen molar-refractivity contribution in [1.82, 2.24) is 0 Å². The Morgan fingerprint density at radius 2 is 1.16 bits per heavy atom. The highest BCUT2D eigenvalue weighted by molar-refractivity contribution is 7.45. The molecule has 0 aliphatic heterocycles. The highest BCUT2D eigenvalue weighted by Gasteiger charge is 2.20. The summed E-state index contributed by atoms with van der Waals surface area (Å²) in [5.41, 5.74) is 0. The molecule has 0 fully saturated rings. The van der Waals surface area contributed by atoms with E-state index in [1.54, 1.807) is 0 Å². The normalized spacial score (nSPS) is 14.2. The second kappa shape index (κ2) is 30.6. The van der Waals surface area contributed by atoms with Crippen molar-refractivity contribution >= 4 is 13.8 Å². The molecule has 0 aliphatic carbocycles. The lowest BCUT2D eigenvalue weighted by Crippen LogP contribution is -2.37. The number of quaternary nitrogens is 1. The SMILES string of the molecule is CCCCCCCC/C=C\CCCCCCCCCCOCC(COP(=O)([O-])OCC[N+](C)(C)C)OC(=O)CCCCCCC. The van der Waals surface area contributed by atoms with Gasteiger partial charge in [-0.2, -0.15) is 0 Å². The van der Waals surface area contributed by atoms with Crippen molar-refractivity contribution in [1.29, 1.82) is 0 Å². The van der Waals surface area contributed by atoms with E-state index in [1.165, 1.54) is 89.9 Å². The van der Waals surface area contributed by atoms with Gasteiger partial charge in [0.1, 0.15) is 19.3 Å². The van der Waals surface area contributed by atoms with E-state index in [2.05, 4.69) is 26.0 Å². The van der Waals surface area contributed by atoms with Gasteiger partial charge in [0.2, 0.25) is 0 Å². The van der Waals surface area contributed by atoms with Gasteiger partial charge >= 0.3 is 5.97 Å². The molecule has 45 heavy (non-hydrogen) atoms. The lowest BCUT2D eigenvalue weighted by atomic mass is 10.1. The fourth-order valence-electron chi connectivity index (χ4n) is 4.89. The van der Waals surface area contributed by atoms with Crippen LogP contribution in [0.4, 0.5) is 0 Å². The molecule has 0 radical (unpaired) electrons. The first-order valence-electron chi connectivity index (χ1n) is 18.4. The quantitative estimate of drug-likeness (QED) is 0.0223. The number of carbonyl (C=O) groups is 1. The zero-order valence-electron chi connectivity index (χ0n) is 30.1. The Morgan fingerprint density at radius 3 is 1.69 bits per heavy atom. The van der Waals surface area contributed by atoms with E-state index in [0.717, 1.165) is 44.9 Å². The summed E-state index contributed by atoms with van der Waals surface area (Å²) in [5.74, 6) is -0.348. The molecular weight excluding hydrogens is 589 g/mol. The first kappa shape index (κ1) is 44.2. The third-order valence-electron chi connectivity index (χ3n) is 7.82. The predicted octanol–water partition coefficient (Wildman–Crippen LogP) is 9.30. The van der Waals surface area contributed by atoms with E-state index in [1.807, 2.05) is 21.1 Å². The van der Waals surface area contributed by atoms with E-state index in [4.69, 9.17) is 18.5 Å². The zero-order valence-corrected chi connectivity index (χ0v) is 31.0. The third-order valence-corrected chi connectivity index (χ3v) is 8.78. The van der Waals surface area contributed by atoms with Crippen molar-refractivity contribution in [2.45, 2.75) is 161 Å². The number of likely N-dealkylation sites (N-methyl/N-ethyl adjacent to an activating group) is 1. The minimum atomic E-state index is -4.50. The Bertz CT molecular complexity index is 741. The molecule has 268 valence electrons. The molecule has 8 nitrogen and oxygen atoms in total. The fraction of sp³-hybridized carbons (Fsp3) is 0.917. The molecule has 0 heterocycles. The maximum atomic E-state index is 12.4. The number of phosphoric acid groups is 1. The lowest BCUT2D eigenvalue weighted by molar-refractivity contribution is -0.870. The Balaban J connectivity index is 4.08. The fourth-order valence-corrected chi connectivity index (χ4v) is 5.62. The minimum Gasteiger partial charge on any atom is -0.756 e. The van der Waals surface area contributed by atoms with Crippen molar-refractivity contribution in [3.63, 3.8) is 0 Å². The van der Waals surface area contributed by atoms with E-state index in [-0.39, 0.29) is 25.8 Å². The van der Waals surface area contributed by atoms with Crippen LogP contribution in [0.25, 0.3) is 0 Å². The second-order valence-electron chi connectivity index (χ2n) is 13.6. The van der Waals surface area contributed by atoms with Gasteiger partial charge in [-0.3, -0.25) is 9.36 Å². The van der Waals surface area contributed by atoms with E-state index in [0.29, 0.717) is 24.1 Å². The minimum absolute atomic E-state index is 0.0275. The van der Waals surface area contributed by atoms with Crippen LogP contribution in [0.2, 0.25) is 0 Å². The average Bonchev–Trinajstić information content (AvgIpc) is 2.98. The summed E-state index contributed by atoms with van der Waals surface area (Å²) >= 11 is 0. The standard InChI is InChI=1S/C36H72NO7P/c1-6-8-10-12-13-14-15-16-17-18-19-20-21-22-23-24-26-28-31-41-33-35(44-36(38)29-27-25-11-9-7-2)34-43-45(39,40)42-32-30-37(3,4)5/h16-17,35H,6-15,18-34H2,1-5H3/b17-16-. The summed E-state index contributed by atoms with van der Waals surface area (Å²) in [5, 5.41) is 0. The van der Waals surface area contributed by atoms with Crippen LogP contribution in [0.1, 0.15) is 155 Å². The molecule has 2 unspecified atom stereocenters. The summed E-state index contributed by atoms with van der Waals surface area (Å²) in [4.78, 5) is 24.6. The van der Waals surface area contributed by atoms with Crippen LogP contribution in [0, 0.1) is 0 Å². The van der Waals surface area contributed by atoms with Gasteiger partial charge < -0.3 is 27.9 Å². The van der Waals surface area contributed by atoms with E-state index >= 15 is 0 Å². The molecule has 0 bridgehead atoms. The molecule has 0 saturated carbocycles. The van der Waals surface area contributed by atoms with Crippen molar-refractivity contribution in [3.05, 3.63) is 12.2 Å². The Labute approximate surface area is 278 Å². The van der Waals surface area contributed by atoms with Crippen molar-refractivity contribution in [3.8, 4) is 0 Å². The highest BCUT2D eigenvalue weighted by atomic mass is 31.2. The van der Waals surface area contributed by atoms with Crippen LogP contribution in [-0.4, -0.2) is 70.7 Å². The van der Waals surface area contributed by atoms with E-state index in [9.17, 15) is 14.3 Å². The molecule has 0 aliphatic rings. The summed E-state index contributed by atoms with van der Waals surface area (Å²) < 4.78 is 34.2. The average molecular weight is 662 g/mol. The third kappa shape index (κ3) is 34.4. The molecule has 0 aromatic heterocycles. The van der Waals surface area contributed by atoms with Crippen LogP contribution < -0.4 is 4.89 Å². The van der Waals surface area contributed by atoms with Gasteiger partial charge in [-0.25, -0.2) is 0 Å². The van der Waals surface area contributed by atoms with Gasteiger partial charge in [-0.1, -0.05) is 122 Å². The van der Waals surface area contributed by atoms with Crippen LogP contribution in [0.3, 0.4) is 0 Å². The zero-order chi connectivity index (χ0) is 33.5. The number of hydrogen-bond donors (Lipinski definition) is 0. The highest BCUT2D eigenvalue weighted by Crippen LogP contribution is 2.38. The number of unbranched alkanes of at least 4 members (excludes halogenated alkanes) is 18. The number of esters is 1. The molecular formula is C36H72NO7P. The number of ether oxygens (including phenoxy) is 2. The molecule has 0 N–H and O–H groups in total. The van der Waals surface area contributed by atoms with Crippen molar-refractivity contribution in [2.75, 3.05) is 54.1 Å². The molecule has 0 aromatic rings. The molecule has 2 atom stereocenters. The van der Waals surface area contributed by atoms with Crippen molar-refractivity contribution in [2.24, 2.45) is 0 Å². The number of phosphoric ester groups is 1. The molecule has 0 rings (SSSR count). The smallest absolute Gasteiger partial charge is 0.306 e. The number of rotatable bonds is 34. The van der Waals surface area contributed by atoms with Gasteiger partial charge in [0.15, 0.2) is 0 Å². The second-order valence-corrected chi connectivity index (χ2v) is 15.0. The molecule has 0 aromatic carbocycles. The molecule has 0 saturated heterocycles. The summed E-state index contributed by atoms with van der Waals surface area (Å²) in [6.07, 6.45) is 29.7. The topological polar surface area (TPSA) is 94.1 Å². The van der Waals surface area contributed by atoms with Crippen LogP contribution >= 0.6 is 7.82 Å². The number of carbonyl (C=O) groups excluding carboxylic acids is 1. The molecule has 9 heteroatoms. The van der Waals surface area contributed by atoms with E-state index < -0.39 is 13.9 Å². The van der Waals surface area contributed by atoms with Crippen LogP contribution in [0.15, 0.2) is 12.2 Å². The molecule has 0 amide bonds. The number of hydrogen-bond acceptors (Lipinski definition) is 7. The Morgan fingerprint density at radius 1 is 0.667 bits per heavy atom. The first-order chi connectivity index (χ1) is 21.6. The Hall–Kier alpha value is -0.760. The van der Waals surface area contributed by atoms with Gasteiger partial charge in [-0.05, 0) is 38.5 Å². The monoisotopic (exact) mass is 662 g/mol. The summed E-state index contributed by atoms with van der Waals surface area (Å²) in [6.45, 7) is 5.31. The van der Waals surface area contributed by atoms with Gasteiger partial charge in [0.05, 0.1) is 34.4 Å². The largest absolute Gasteiger partial charge is 0.756 e. The number of allylic oxidation sites excluding steroid dienone is 2. The molecule has 0 spiro atoms. The number of nitrogens with zero attached hydrogens (tertiary/aromatic N) is 1.